The van der Waals surface area contributed by atoms with Crippen molar-refractivity contribution in [2.75, 3.05) is 23.7 Å². The molecule has 4 aliphatic rings. The largest absolute Gasteiger partial charge is 0.374 e. The Labute approximate surface area is 332 Å². The van der Waals surface area contributed by atoms with E-state index in [1.807, 2.05) is 66.7 Å². The number of aromatic nitrogens is 2. The van der Waals surface area contributed by atoms with Crippen molar-refractivity contribution in [3.05, 3.63) is 96.2 Å². The van der Waals surface area contributed by atoms with Crippen molar-refractivity contribution in [2.24, 2.45) is 5.92 Å². The summed E-state index contributed by atoms with van der Waals surface area (Å²) in [7, 11) is 0. The lowest BCUT2D eigenvalue weighted by atomic mass is 9.83. The standard InChI is InChI=1S/C45H51F2N7O3/c46-38-26-35(49-40-19-20-41(55)52-44(40)57)15-18-37(38)29-21-23-54(24-22-29)36-16-13-33(14-17-36)50-43(56)30-9-11-34(12-10-30)51-45-48-27-39(47)42(53-45)32-8-4-7-31(25-32)28-5-2-1-3-6-28/h1-8,15,18,25-27,29-30,33-34,36,40,49H,9-14,16-17,19-24H2,(H,50,56)(H,48,51,53)(H,52,55,57). The molecule has 1 aromatic heterocycles. The Morgan fingerprint density at radius 3 is 2.18 bits per heavy atom. The van der Waals surface area contributed by atoms with Gasteiger partial charge in [-0.15, -0.1) is 0 Å². The number of imide groups is 1. The summed E-state index contributed by atoms with van der Waals surface area (Å²) in [6.45, 7) is 1.84. The fourth-order valence-corrected chi connectivity index (χ4v) is 9.26. The summed E-state index contributed by atoms with van der Waals surface area (Å²) >= 11 is 0. The van der Waals surface area contributed by atoms with Crippen molar-refractivity contribution >= 4 is 29.4 Å². The van der Waals surface area contributed by atoms with E-state index in [1.165, 1.54) is 12.3 Å². The van der Waals surface area contributed by atoms with Gasteiger partial charge in [0.2, 0.25) is 23.7 Å². The summed E-state index contributed by atoms with van der Waals surface area (Å²) in [5.74, 6) is -0.702. The molecule has 57 heavy (non-hydrogen) atoms. The maximum atomic E-state index is 15.3. The minimum Gasteiger partial charge on any atom is -0.374 e. The first-order valence-electron chi connectivity index (χ1n) is 20.6. The third kappa shape index (κ3) is 9.33. The monoisotopic (exact) mass is 775 g/mol. The molecule has 4 aromatic rings. The van der Waals surface area contributed by atoms with E-state index in [0.29, 0.717) is 29.7 Å². The fraction of sp³-hybridized carbons (Fsp3) is 0.444. The highest BCUT2D eigenvalue weighted by Crippen LogP contribution is 2.35. The first-order valence-corrected chi connectivity index (χ1v) is 20.6. The van der Waals surface area contributed by atoms with Gasteiger partial charge in [-0.25, -0.2) is 18.7 Å². The Hall–Kier alpha value is -5.23. The van der Waals surface area contributed by atoms with Crippen LogP contribution in [0.3, 0.4) is 0 Å². The van der Waals surface area contributed by atoms with Crippen LogP contribution in [-0.4, -0.2) is 69.8 Å². The number of carbonyl (C=O) groups excluding carboxylic acids is 3. The number of rotatable bonds is 10. The molecule has 0 bridgehead atoms. The molecule has 3 amide bonds. The average molecular weight is 776 g/mol. The molecule has 2 aliphatic heterocycles. The van der Waals surface area contributed by atoms with Gasteiger partial charge in [0.15, 0.2) is 5.82 Å². The van der Waals surface area contributed by atoms with Gasteiger partial charge < -0.3 is 20.9 Å². The van der Waals surface area contributed by atoms with Crippen molar-refractivity contribution in [3.63, 3.8) is 0 Å². The molecule has 4 N–H and O–H groups in total. The van der Waals surface area contributed by atoms with Crippen LogP contribution >= 0.6 is 0 Å². The van der Waals surface area contributed by atoms with Crippen molar-refractivity contribution in [3.8, 4) is 22.4 Å². The maximum Gasteiger partial charge on any atom is 0.249 e. The molecule has 1 unspecified atom stereocenters. The first kappa shape index (κ1) is 38.6. The first-order chi connectivity index (χ1) is 27.8. The second-order valence-corrected chi connectivity index (χ2v) is 16.2. The SMILES string of the molecule is O=C1CCC(Nc2ccc(C3CCN(C4CCC(NC(=O)C5CCC(Nc6ncc(F)c(-c7cccc(-c8ccccc8)c7)n6)CC5)CC4)CC3)c(F)c2)C(=O)N1. The predicted octanol–water partition coefficient (Wildman–Crippen LogP) is 7.58. The Morgan fingerprint density at radius 2 is 1.44 bits per heavy atom. The van der Waals surface area contributed by atoms with Gasteiger partial charge in [0.1, 0.15) is 17.6 Å². The van der Waals surface area contributed by atoms with E-state index < -0.39 is 11.9 Å². The lowest BCUT2D eigenvalue weighted by Crippen LogP contribution is -2.47. The van der Waals surface area contributed by atoms with Crippen LogP contribution in [0.15, 0.2) is 79.0 Å². The number of carbonyl (C=O) groups is 3. The van der Waals surface area contributed by atoms with Gasteiger partial charge in [0, 0.05) is 41.7 Å². The molecule has 2 saturated carbocycles. The van der Waals surface area contributed by atoms with E-state index in [4.69, 9.17) is 0 Å². The molecule has 2 aliphatic carbocycles. The highest BCUT2D eigenvalue weighted by atomic mass is 19.1. The highest BCUT2D eigenvalue weighted by Gasteiger charge is 2.33. The summed E-state index contributed by atoms with van der Waals surface area (Å²) in [5.41, 5.74) is 4.26. The van der Waals surface area contributed by atoms with Gasteiger partial charge in [-0.2, -0.15) is 0 Å². The van der Waals surface area contributed by atoms with E-state index in [1.54, 1.807) is 0 Å². The van der Waals surface area contributed by atoms with Crippen LogP contribution in [0, 0.1) is 17.6 Å². The van der Waals surface area contributed by atoms with E-state index in [2.05, 4.69) is 36.1 Å². The molecule has 3 heterocycles. The number of piperidine rings is 2. The second-order valence-electron chi connectivity index (χ2n) is 16.2. The molecule has 1 atom stereocenters. The number of anilines is 2. The molecule has 12 heteroatoms. The lowest BCUT2D eigenvalue weighted by molar-refractivity contribution is -0.133. The smallest absolute Gasteiger partial charge is 0.249 e. The normalized spacial score (nSPS) is 24.7. The fourth-order valence-electron chi connectivity index (χ4n) is 9.26. The number of nitrogens with zero attached hydrogens (tertiary/aromatic N) is 3. The quantitative estimate of drug-likeness (QED) is 0.122. The van der Waals surface area contributed by atoms with E-state index >= 15 is 4.39 Å². The molecule has 3 aromatic carbocycles. The van der Waals surface area contributed by atoms with Gasteiger partial charge in [-0.1, -0.05) is 54.6 Å². The third-order valence-corrected chi connectivity index (χ3v) is 12.5. The zero-order valence-corrected chi connectivity index (χ0v) is 32.2. The molecule has 0 radical (unpaired) electrons. The van der Waals surface area contributed by atoms with Gasteiger partial charge in [-0.3, -0.25) is 19.7 Å². The van der Waals surface area contributed by atoms with Crippen LogP contribution in [0.1, 0.15) is 88.5 Å². The number of hydrogen-bond acceptors (Lipinski definition) is 8. The van der Waals surface area contributed by atoms with Crippen LogP contribution in [0.25, 0.3) is 22.4 Å². The molecule has 2 saturated heterocycles. The van der Waals surface area contributed by atoms with Crippen LogP contribution in [0.2, 0.25) is 0 Å². The maximum absolute atomic E-state index is 15.3. The molecule has 0 spiro atoms. The van der Waals surface area contributed by atoms with Crippen molar-refractivity contribution in [2.45, 2.75) is 107 Å². The average Bonchev–Trinajstić information content (AvgIpc) is 3.24. The Kier molecular flexibility index (Phi) is 11.9. The van der Waals surface area contributed by atoms with E-state index in [9.17, 15) is 18.8 Å². The van der Waals surface area contributed by atoms with Crippen LogP contribution in [0.5, 0.6) is 0 Å². The lowest BCUT2D eigenvalue weighted by Gasteiger charge is -2.41. The molecular weight excluding hydrogens is 725 g/mol. The van der Waals surface area contributed by atoms with E-state index in [0.717, 1.165) is 94.0 Å². The zero-order chi connectivity index (χ0) is 39.3. The second kappa shape index (κ2) is 17.5. The minimum absolute atomic E-state index is 0.0205. The van der Waals surface area contributed by atoms with Crippen LogP contribution < -0.4 is 21.3 Å². The number of likely N-dealkylation sites (tertiary alicyclic amines) is 1. The summed E-state index contributed by atoms with van der Waals surface area (Å²) in [4.78, 5) is 48.3. The summed E-state index contributed by atoms with van der Waals surface area (Å²) in [6.07, 6.45) is 10.9. The highest BCUT2D eigenvalue weighted by molar-refractivity contribution is 6.01. The van der Waals surface area contributed by atoms with E-state index in [-0.39, 0.29) is 59.6 Å². The number of halogens is 2. The topological polar surface area (TPSA) is 128 Å². The summed E-state index contributed by atoms with van der Waals surface area (Å²) < 4.78 is 30.2. The molecule has 8 rings (SSSR count). The van der Waals surface area contributed by atoms with Crippen molar-refractivity contribution < 1.29 is 23.2 Å². The van der Waals surface area contributed by atoms with Crippen LogP contribution in [0.4, 0.5) is 20.4 Å². The van der Waals surface area contributed by atoms with Crippen molar-refractivity contribution in [1.29, 1.82) is 0 Å². The number of nitrogens with one attached hydrogen (secondary N) is 4. The van der Waals surface area contributed by atoms with Gasteiger partial charge in [-0.05, 0) is 125 Å². The minimum atomic E-state index is -0.542. The number of amides is 3. The number of benzene rings is 3. The molecule has 4 fully saturated rings. The Bertz CT molecular complexity index is 2060. The molecule has 298 valence electrons. The zero-order valence-electron chi connectivity index (χ0n) is 32.2. The van der Waals surface area contributed by atoms with Crippen molar-refractivity contribution in [1.82, 2.24) is 25.5 Å². The predicted molar refractivity (Wildman–Crippen MR) is 216 cm³/mol. The Balaban J connectivity index is 0.755. The van der Waals surface area contributed by atoms with Crippen LogP contribution in [-0.2, 0) is 14.4 Å². The molecular formula is C45H51F2N7O3. The summed E-state index contributed by atoms with van der Waals surface area (Å²) in [6, 6.07) is 23.1. The van der Waals surface area contributed by atoms with Gasteiger partial charge >= 0.3 is 0 Å². The third-order valence-electron chi connectivity index (χ3n) is 12.5. The Morgan fingerprint density at radius 1 is 0.719 bits per heavy atom. The summed E-state index contributed by atoms with van der Waals surface area (Å²) in [5, 5.41) is 12.2. The molecule has 10 nitrogen and oxygen atoms in total. The van der Waals surface area contributed by atoms with Gasteiger partial charge in [0.05, 0.1) is 6.20 Å². The van der Waals surface area contributed by atoms with Gasteiger partial charge in [0.25, 0.3) is 0 Å². The number of hydrogen-bond donors (Lipinski definition) is 4.